The Kier molecular flexibility index (Phi) is 4.55. The summed E-state index contributed by atoms with van der Waals surface area (Å²) in [5.41, 5.74) is 1.81. The van der Waals surface area contributed by atoms with Crippen molar-refractivity contribution in [2.75, 3.05) is 5.32 Å². The van der Waals surface area contributed by atoms with Crippen LogP contribution in [0.1, 0.15) is 18.5 Å². The molecule has 0 fully saturated rings. The number of aromatic nitrogens is 1. The van der Waals surface area contributed by atoms with Gasteiger partial charge in [-0.1, -0.05) is 0 Å². The standard InChI is InChI=1S/C13H11BrFIN2/c1-8(9-4-10(15)7-17-6-9)18-11-2-3-13(16)12(14)5-11/h2-8,18H,1H3. The molecule has 0 saturated carbocycles. The van der Waals surface area contributed by atoms with E-state index < -0.39 is 0 Å². The molecule has 1 N–H and O–H groups in total. The van der Waals surface area contributed by atoms with Gasteiger partial charge in [-0.2, -0.15) is 0 Å². The number of hydrogen-bond donors (Lipinski definition) is 1. The predicted octanol–water partition coefficient (Wildman–Crippen LogP) is 4.76. The number of nitrogens with one attached hydrogen (secondary N) is 1. The molecule has 1 aromatic carbocycles. The highest BCUT2D eigenvalue weighted by Gasteiger charge is 2.07. The Morgan fingerprint density at radius 1 is 1.33 bits per heavy atom. The van der Waals surface area contributed by atoms with E-state index >= 15 is 0 Å². The van der Waals surface area contributed by atoms with Crippen molar-refractivity contribution in [1.29, 1.82) is 0 Å². The van der Waals surface area contributed by atoms with Crippen molar-refractivity contribution < 1.29 is 4.39 Å². The molecule has 1 unspecified atom stereocenters. The van der Waals surface area contributed by atoms with E-state index in [1.54, 1.807) is 6.20 Å². The Labute approximate surface area is 127 Å². The average molecular weight is 421 g/mol. The molecule has 94 valence electrons. The SMILES string of the molecule is CC(Nc1ccc(I)c(Br)c1)c1cncc(F)c1. The molecule has 0 saturated heterocycles. The molecule has 2 nitrogen and oxygen atoms in total. The van der Waals surface area contributed by atoms with Gasteiger partial charge in [-0.3, -0.25) is 4.98 Å². The van der Waals surface area contributed by atoms with Crippen molar-refractivity contribution in [3.63, 3.8) is 0 Å². The van der Waals surface area contributed by atoms with Gasteiger partial charge in [-0.15, -0.1) is 0 Å². The van der Waals surface area contributed by atoms with E-state index in [4.69, 9.17) is 0 Å². The van der Waals surface area contributed by atoms with Crippen LogP contribution in [-0.4, -0.2) is 4.98 Å². The van der Waals surface area contributed by atoms with Gasteiger partial charge in [0.25, 0.3) is 0 Å². The molecule has 2 rings (SSSR count). The molecule has 18 heavy (non-hydrogen) atoms. The normalized spacial score (nSPS) is 12.2. The zero-order valence-corrected chi connectivity index (χ0v) is 13.4. The monoisotopic (exact) mass is 420 g/mol. The molecular weight excluding hydrogens is 410 g/mol. The summed E-state index contributed by atoms with van der Waals surface area (Å²) in [7, 11) is 0. The summed E-state index contributed by atoms with van der Waals surface area (Å²) in [6, 6.07) is 7.51. The quantitative estimate of drug-likeness (QED) is 0.724. The predicted molar refractivity (Wildman–Crippen MR) is 83.1 cm³/mol. The van der Waals surface area contributed by atoms with Crippen LogP contribution in [0.2, 0.25) is 0 Å². The van der Waals surface area contributed by atoms with Gasteiger partial charge in [0, 0.05) is 19.9 Å². The van der Waals surface area contributed by atoms with Gasteiger partial charge in [0.05, 0.1) is 12.2 Å². The second kappa shape index (κ2) is 5.97. The molecule has 1 heterocycles. The maximum Gasteiger partial charge on any atom is 0.141 e. The number of halogens is 3. The summed E-state index contributed by atoms with van der Waals surface area (Å²) in [5.74, 6) is -0.315. The van der Waals surface area contributed by atoms with E-state index in [9.17, 15) is 4.39 Å². The Bertz CT molecular complexity index is 562. The first-order chi connectivity index (χ1) is 8.56. The van der Waals surface area contributed by atoms with Crippen LogP contribution >= 0.6 is 38.5 Å². The topological polar surface area (TPSA) is 24.9 Å². The van der Waals surface area contributed by atoms with Crippen molar-refractivity contribution >= 4 is 44.2 Å². The van der Waals surface area contributed by atoms with E-state index in [1.165, 1.54) is 12.3 Å². The van der Waals surface area contributed by atoms with Gasteiger partial charge in [0.1, 0.15) is 5.82 Å². The minimum Gasteiger partial charge on any atom is -0.378 e. The van der Waals surface area contributed by atoms with Crippen LogP contribution in [0.3, 0.4) is 0 Å². The molecule has 2 aromatic rings. The average Bonchev–Trinajstić information content (AvgIpc) is 2.34. The summed E-state index contributed by atoms with van der Waals surface area (Å²) < 4.78 is 15.3. The molecule has 1 aromatic heterocycles. The number of rotatable bonds is 3. The van der Waals surface area contributed by atoms with Crippen molar-refractivity contribution in [2.24, 2.45) is 0 Å². The lowest BCUT2D eigenvalue weighted by Gasteiger charge is -2.15. The minimum atomic E-state index is -0.315. The molecular formula is C13H11BrFIN2. The summed E-state index contributed by atoms with van der Waals surface area (Å²) in [6.45, 7) is 1.97. The zero-order valence-electron chi connectivity index (χ0n) is 9.62. The van der Waals surface area contributed by atoms with Gasteiger partial charge < -0.3 is 5.32 Å². The van der Waals surface area contributed by atoms with E-state index in [0.29, 0.717) is 0 Å². The van der Waals surface area contributed by atoms with Crippen LogP contribution in [0, 0.1) is 9.39 Å². The van der Waals surface area contributed by atoms with E-state index in [1.807, 2.05) is 25.1 Å². The fourth-order valence-electron chi connectivity index (χ4n) is 1.58. The van der Waals surface area contributed by atoms with Crippen molar-refractivity contribution in [3.05, 3.63) is 56.1 Å². The van der Waals surface area contributed by atoms with Gasteiger partial charge in [0.2, 0.25) is 0 Å². The van der Waals surface area contributed by atoms with Crippen LogP contribution in [0.5, 0.6) is 0 Å². The highest BCUT2D eigenvalue weighted by Crippen LogP contribution is 2.25. The number of benzene rings is 1. The second-order valence-corrected chi connectivity index (χ2v) is 5.95. The lowest BCUT2D eigenvalue weighted by Crippen LogP contribution is -2.07. The van der Waals surface area contributed by atoms with Gasteiger partial charge in [-0.05, 0) is 75.3 Å². The molecule has 0 amide bonds. The number of nitrogens with zero attached hydrogens (tertiary/aromatic N) is 1. The Balaban J connectivity index is 2.16. The van der Waals surface area contributed by atoms with Gasteiger partial charge in [-0.25, -0.2) is 4.39 Å². The summed E-state index contributed by atoms with van der Waals surface area (Å²) in [4.78, 5) is 3.85. The number of hydrogen-bond acceptors (Lipinski definition) is 2. The molecule has 5 heteroatoms. The third-order valence-corrected chi connectivity index (χ3v) is 4.87. The van der Waals surface area contributed by atoms with E-state index in [2.05, 4.69) is 48.8 Å². The van der Waals surface area contributed by atoms with Crippen LogP contribution in [0.4, 0.5) is 10.1 Å². The Morgan fingerprint density at radius 3 is 2.78 bits per heavy atom. The molecule has 0 bridgehead atoms. The Morgan fingerprint density at radius 2 is 2.11 bits per heavy atom. The zero-order chi connectivity index (χ0) is 13.1. The lowest BCUT2D eigenvalue weighted by atomic mass is 10.1. The van der Waals surface area contributed by atoms with Crippen LogP contribution < -0.4 is 5.32 Å². The van der Waals surface area contributed by atoms with E-state index in [-0.39, 0.29) is 11.9 Å². The van der Waals surface area contributed by atoms with Crippen LogP contribution in [0.25, 0.3) is 0 Å². The number of pyridine rings is 1. The molecule has 0 aliphatic rings. The van der Waals surface area contributed by atoms with E-state index in [0.717, 1.165) is 19.3 Å². The molecule has 0 spiro atoms. The van der Waals surface area contributed by atoms with Crippen LogP contribution in [-0.2, 0) is 0 Å². The number of anilines is 1. The fraction of sp³-hybridized carbons (Fsp3) is 0.154. The van der Waals surface area contributed by atoms with Crippen LogP contribution in [0.15, 0.2) is 41.1 Å². The third-order valence-electron chi connectivity index (χ3n) is 2.53. The maximum atomic E-state index is 13.1. The molecule has 0 radical (unpaired) electrons. The van der Waals surface area contributed by atoms with Gasteiger partial charge in [0.15, 0.2) is 0 Å². The maximum absolute atomic E-state index is 13.1. The summed E-state index contributed by atoms with van der Waals surface area (Å²) in [6.07, 6.45) is 2.88. The third kappa shape index (κ3) is 3.41. The van der Waals surface area contributed by atoms with Gasteiger partial charge >= 0.3 is 0 Å². The van der Waals surface area contributed by atoms with Crippen molar-refractivity contribution in [1.82, 2.24) is 4.98 Å². The molecule has 1 atom stereocenters. The summed E-state index contributed by atoms with van der Waals surface area (Å²) >= 11 is 5.74. The fourth-order valence-corrected chi connectivity index (χ4v) is 2.30. The van der Waals surface area contributed by atoms with Crippen molar-refractivity contribution in [2.45, 2.75) is 13.0 Å². The molecule has 0 aliphatic heterocycles. The minimum absolute atomic E-state index is 0.000149. The smallest absolute Gasteiger partial charge is 0.141 e. The molecule has 0 aliphatic carbocycles. The second-order valence-electron chi connectivity index (χ2n) is 3.93. The first-order valence-corrected chi connectivity index (χ1v) is 7.25. The van der Waals surface area contributed by atoms with Crippen molar-refractivity contribution in [3.8, 4) is 0 Å². The lowest BCUT2D eigenvalue weighted by molar-refractivity contribution is 0.616. The summed E-state index contributed by atoms with van der Waals surface area (Å²) in [5, 5.41) is 3.31. The first kappa shape index (κ1) is 13.7. The first-order valence-electron chi connectivity index (χ1n) is 5.38. The highest BCUT2D eigenvalue weighted by molar-refractivity contribution is 14.1. The largest absolute Gasteiger partial charge is 0.378 e. The highest BCUT2D eigenvalue weighted by atomic mass is 127. The Hall–Kier alpha value is -0.690.